The van der Waals surface area contributed by atoms with Gasteiger partial charge in [0.25, 0.3) is 0 Å². The maximum Gasteiger partial charge on any atom is 0.332 e. The van der Waals surface area contributed by atoms with E-state index in [0.717, 1.165) is 0 Å². The van der Waals surface area contributed by atoms with Gasteiger partial charge in [-0.25, -0.2) is 17.9 Å². The van der Waals surface area contributed by atoms with Crippen molar-refractivity contribution in [1.29, 1.82) is 0 Å². The SMILES string of the molecule is CCCS(=O)(=O)NC(C)C(=O)NCC[C@H](O)C(=O)O. The lowest BCUT2D eigenvalue weighted by Crippen LogP contribution is -2.46. The molecular formula is C10H20N2O6S. The number of aliphatic carboxylic acids is 1. The molecule has 0 heterocycles. The second-order valence-corrected chi connectivity index (χ2v) is 5.97. The van der Waals surface area contributed by atoms with Gasteiger partial charge >= 0.3 is 5.97 Å². The van der Waals surface area contributed by atoms with Crippen molar-refractivity contribution in [1.82, 2.24) is 10.0 Å². The Morgan fingerprint density at radius 3 is 2.37 bits per heavy atom. The third kappa shape index (κ3) is 7.75. The molecule has 0 fully saturated rings. The fourth-order valence-corrected chi connectivity index (χ4v) is 2.56. The molecule has 4 N–H and O–H groups in total. The van der Waals surface area contributed by atoms with E-state index in [1.165, 1.54) is 6.92 Å². The number of carbonyl (C=O) groups is 2. The molecule has 112 valence electrons. The molecule has 0 aliphatic rings. The highest BCUT2D eigenvalue weighted by Crippen LogP contribution is 1.94. The van der Waals surface area contributed by atoms with Crippen LogP contribution in [0.1, 0.15) is 26.7 Å². The van der Waals surface area contributed by atoms with Gasteiger partial charge < -0.3 is 15.5 Å². The van der Waals surface area contributed by atoms with Crippen molar-refractivity contribution >= 4 is 21.9 Å². The predicted molar refractivity (Wildman–Crippen MR) is 67.9 cm³/mol. The van der Waals surface area contributed by atoms with Gasteiger partial charge in [-0.2, -0.15) is 0 Å². The number of nitrogens with one attached hydrogen (secondary N) is 2. The van der Waals surface area contributed by atoms with E-state index in [4.69, 9.17) is 10.2 Å². The lowest BCUT2D eigenvalue weighted by Gasteiger charge is -2.14. The van der Waals surface area contributed by atoms with E-state index in [2.05, 4.69) is 10.0 Å². The van der Waals surface area contributed by atoms with Crippen LogP contribution in [0.2, 0.25) is 0 Å². The monoisotopic (exact) mass is 296 g/mol. The van der Waals surface area contributed by atoms with Gasteiger partial charge in [-0.15, -0.1) is 0 Å². The van der Waals surface area contributed by atoms with Crippen molar-refractivity contribution in [2.24, 2.45) is 0 Å². The number of aliphatic hydroxyl groups is 1. The Labute approximate surface area is 112 Å². The lowest BCUT2D eigenvalue weighted by atomic mass is 10.2. The zero-order valence-corrected chi connectivity index (χ0v) is 11.7. The number of carboxylic acids is 1. The van der Waals surface area contributed by atoms with Crippen molar-refractivity contribution in [2.75, 3.05) is 12.3 Å². The molecule has 0 aliphatic heterocycles. The van der Waals surface area contributed by atoms with E-state index >= 15 is 0 Å². The van der Waals surface area contributed by atoms with Crippen molar-refractivity contribution in [3.8, 4) is 0 Å². The number of carbonyl (C=O) groups excluding carboxylic acids is 1. The maximum atomic E-state index is 11.5. The minimum absolute atomic E-state index is 0.0495. The second kappa shape index (κ2) is 8.08. The Morgan fingerprint density at radius 2 is 1.89 bits per heavy atom. The van der Waals surface area contributed by atoms with Crippen LogP contribution in [-0.2, 0) is 19.6 Å². The van der Waals surface area contributed by atoms with Gasteiger partial charge in [0.2, 0.25) is 15.9 Å². The van der Waals surface area contributed by atoms with Gasteiger partial charge in [0.05, 0.1) is 11.8 Å². The highest BCUT2D eigenvalue weighted by Gasteiger charge is 2.20. The van der Waals surface area contributed by atoms with Crippen LogP contribution in [0.4, 0.5) is 0 Å². The van der Waals surface area contributed by atoms with Crippen LogP contribution in [0.25, 0.3) is 0 Å². The Balaban J connectivity index is 4.11. The standard InChI is InChI=1S/C10H20N2O6S/c1-3-6-19(17,18)12-7(2)9(14)11-5-4-8(13)10(15)16/h7-8,12-13H,3-6H2,1-2H3,(H,11,14)(H,15,16)/t7?,8-/m0/s1. The van der Waals surface area contributed by atoms with Gasteiger partial charge in [0, 0.05) is 13.0 Å². The Kier molecular flexibility index (Phi) is 7.57. The van der Waals surface area contributed by atoms with Gasteiger partial charge in [0.1, 0.15) is 0 Å². The third-order valence-electron chi connectivity index (χ3n) is 2.22. The minimum Gasteiger partial charge on any atom is -0.479 e. The zero-order valence-electron chi connectivity index (χ0n) is 10.9. The molecule has 0 aliphatic carbocycles. The zero-order chi connectivity index (χ0) is 15.1. The summed E-state index contributed by atoms with van der Waals surface area (Å²) in [6.45, 7) is 3.04. The van der Waals surface area contributed by atoms with Crippen molar-refractivity contribution in [3.05, 3.63) is 0 Å². The number of rotatable bonds is 9. The molecule has 0 aromatic carbocycles. The number of sulfonamides is 1. The van der Waals surface area contributed by atoms with Crippen LogP contribution in [0.3, 0.4) is 0 Å². The molecule has 0 bridgehead atoms. The Hall–Kier alpha value is -1.19. The lowest BCUT2D eigenvalue weighted by molar-refractivity contribution is -0.147. The number of carboxylic acid groups (broad SMARTS) is 1. The first-order chi connectivity index (χ1) is 8.69. The molecular weight excluding hydrogens is 276 g/mol. The fraction of sp³-hybridized carbons (Fsp3) is 0.800. The molecule has 2 atom stereocenters. The van der Waals surface area contributed by atoms with Gasteiger partial charge in [-0.3, -0.25) is 4.79 Å². The second-order valence-electron chi connectivity index (χ2n) is 4.09. The topological polar surface area (TPSA) is 133 Å². The van der Waals surface area contributed by atoms with Gasteiger partial charge in [-0.05, 0) is 13.3 Å². The summed E-state index contributed by atoms with van der Waals surface area (Å²) in [5, 5.41) is 19.7. The van der Waals surface area contributed by atoms with Crippen LogP contribution in [-0.4, -0.2) is 55.0 Å². The fourth-order valence-electron chi connectivity index (χ4n) is 1.26. The van der Waals surface area contributed by atoms with Crippen molar-refractivity contribution in [3.63, 3.8) is 0 Å². The van der Waals surface area contributed by atoms with E-state index in [1.807, 2.05) is 0 Å². The Morgan fingerprint density at radius 1 is 1.32 bits per heavy atom. The molecule has 0 saturated carbocycles. The van der Waals surface area contributed by atoms with Crippen LogP contribution in [0.15, 0.2) is 0 Å². The van der Waals surface area contributed by atoms with Crippen LogP contribution in [0, 0.1) is 0 Å². The largest absolute Gasteiger partial charge is 0.479 e. The average molecular weight is 296 g/mol. The van der Waals surface area contributed by atoms with Crippen LogP contribution < -0.4 is 10.0 Å². The van der Waals surface area contributed by atoms with Crippen molar-refractivity contribution < 1.29 is 28.2 Å². The summed E-state index contributed by atoms with van der Waals surface area (Å²) < 4.78 is 25.0. The van der Waals surface area contributed by atoms with E-state index in [-0.39, 0.29) is 18.7 Å². The van der Waals surface area contributed by atoms with Gasteiger partial charge in [0.15, 0.2) is 6.10 Å². The first kappa shape index (κ1) is 17.8. The molecule has 19 heavy (non-hydrogen) atoms. The highest BCUT2D eigenvalue weighted by molar-refractivity contribution is 7.89. The van der Waals surface area contributed by atoms with E-state index in [1.54, 1.807) is 6.92 Å². The maximum absolute atomic E-state index is 11.5. The Bertz CT molecular complexity index is 408. The molecule has 9 heteroatoms. The quantitative estimate of drug-likeness (QED) is 0.416. The van der Waals surface area contributed by atoms with E-state index in [0.29, 0.717) is 6.42 Å². The summed E-state index contributed by atoms with van der Waals surface area (Å²) in [4.78, 5) is 21.8. The number of hydrogen-bond donors (Lipinski definition) is 4. The first-order valence-electron chi connectivity index (χ1n) is 5.88. The van der Waals surface area contributed by atoms with Crippen molar-refractivity contribution in [2.45, 2.75) is 38.8 Å². The third-order valence-corrected chi connectivity index (χ3v) is 3.88. The summed E-state index contributed by atoms with van der Waals surface area (Å²) >= 11 is 0. The highest BCUT2D eigenvalue weighted by atomic mass is 32.2. The summed E-state index contributed by atoms with van der Waals surface area (Å²) in [5.41, 5.74) is 0. The molecule has 0 rings (SSSR count). The van der Waals surface area contributed by atoms with E-state index in [9.17, 15) is 18.0 Å². The van der Waals surface area contributed by atoms with Gasteiger partial charge in [-0.1, -0.05) is 6.92 Å². The molecule has 0 aromatic rings. The summed E-state index contributed by atoms with van der Waals surface area (Å²) in [6.07, 6.45) is -1.25. The molecule has 0 saturated heterocycles. The normalized spacial score (nSPS) is 14.7. The number of aliphatic hydroxyl groups excluding tert-OH is 1. The van der Waals surface area contributed by atoms with Crippen LogP contribution >= 0.6 is 0 Å². The predicted octanol–water partition coefficient (Wildman–Crippen LogP) is -1.34. The molecule has 8 nitrogen and oxygen atoms in total. The van der Waals surface area contributed by atoms with E-state index < -0.39 is 34.0 Å². The summed E-state index contributed by atoms with van der Waals surface area (Å²) in [6, 6.07) is -0.946. The molecule has 0 aromatic heterocycles. The molecule has 0 radical (unpaired) electrons. The number of amides is 1. The first-order valence-corrected chi connectivity index (χ1v) is 7.53. The number of hydrogen-bond acceptors (Lipinski definition) is 5. The summed E-state index contributed by atoms with van der Waals surface area (Å²) in [7, 11) is -3.49. The van der Waals surface area contributed by atoms with Crippen LogP contribution in [0.5, 0.6) is 0 Å². The molecule has 0 spiro atoms. The smallest absolute Gasteiger partial charge is 0.332 e. The molecule has 1 unspecified atom stereocenters. The average Bonchev–Trinajstić information content (AvgIpc) is 2.27. The summed E-state index contributed by atoms with van der Waals surface area (Å²) in [5.74, 6) is -2.01. The minimum atomic E-state index is -3.49. The molecule has 1 amide bonds.